The lowest BCUT2D eigenvalue weighted by molar-refractivity contribution is 0.216. The van der Waals surface area contributed by atoms with E-state index in [9.17, 15) is 0 Å². The first-order valence-electron chi connectivity index (χ1n) is 9.08. The van der Waals surface area contributed by atoms with E-state index in [4.69, 9.17) is 5.41 Å². The summed E-state index contributed by atoms with van der Waals surface area (Å²) in [6.07, 6.45) is 11.8. The monoisotopic (exact) mass is 355 g/mol. The van der Waals surface area contributed by atoms with Crippen molar-refractivity contribution in [3.8, 4) is 0 Å². The van der Waals surface area contributed by atoms with Crippen LogP contribution in [-0.4, -0.2) is 40.9 Å². The van der Waals surface area contributed by atoms with Crippen LogP contribution >= 0.6 is 12.6 Å². The molecule has 6 heteroatoms. The normalized spacial score (nSPS) is 24.4. The van der Waals surface area contributed by atoms with Crippen LogP contribution in [0.1, 0.15) is 37.7 Å². The van der Waals surface area contributed by atoms with Gasteiger partial charge in [0, 0.05) is 36.6 Å². The number of hydrogen-bond acceptors (Lipinski definition) is 5. The summed E-state index contributed by atoms with van der Waals surface area (Å²) in [5.74, 6) is 0. The van der Waals surface area contributed by atoms with Gasteiger partial charge in [-0.1, -0.05) is 6.42 Å². The second-order valence-electron chi connectivity index (χ2n) is 7.17. The molecule has 132 valence electrons. The second-order valence-corrected chi connectivity index (χ2v) is 7.47. The molecule has 0 bridgehead atoms. The van der Waals surface area contributed by atoms with E-state index in [0.29, 0.717) is 5.71 Å². The Bertz CT molecular complexity index is 798. The van der Waals surface area contributed by atoms with E-state index in [0.717, 1.165) is 36.2 Å². The van der Waals surface area contributed by atoms with Crippen LogP contribution in [0.2, 0.25) is 0 Å². The fourth-order valence-corrected chi connectivity index (χ4v) is 4.54. The highest BCUT2D eigenvalue weighted by molar-refractivity contribution is 7.83. The summed E-state index contributed by atoms with van der Waals surface area (Å²) in [7, 11) is 0. The van der Waals surface area contributed by atoms with Gasteiger partial charge in [0.05, 0.1) is 16.8 Å². The Morgan fingerprint density at radius 2 is 2.20 bits per heavy atom. The van der Waals surface area contributed by atoms with Crippen molar-refractivity contribution in [1.29, 1.82) is 5.41 Å². The van der Waals surface area contributed by atoms with Crippen LogP contribution in [0, 0.1) is 5.41 Å². The Morgan fingerprint density at radius 3 is 3.00 bits per heavy atom. The highest BCUT2D eigenvalue weighted by Gasteiger charge is 2.36. The van der Waals surface area contributed by atoms with Crippen LogP contribution in [0.3, 0.4) is 0 Å². The van der Waals surface area contributed by atoms with Gasteiger partial charge in [-0.3, -0.25) is 0 Å². The van der Waals surface area contributed by atoms with E-state index in [1.54, 1.807) is 11.5 Å². The number of H-pyrrole nitrogens is 1. The summed E-state index contributed by atoms with van der Waals surface area (Å²) in [6.45, 7) is 3.22. The first-order valence-corrected chi connectivity index (χ1v) is 9.60. The van der Waals surface area contributed by atoms with Crippen molar-refractivity contribution >= 4 is 35.1 Å². The van der Waals surface area contributed by atoms with Crippen molar-refractivity contribution < 1.29 is 0 Å². The fourth-order valence-electron chi connectivity index (χ4n) is 4.40. The summed E-state index contributed by atoms with van der Waals surface area (Å²) in [5, 5.41) is 14.8. The number of hydrogen-bond donors (Lipinski definition) is 4. The van der Waals surface area contributed by atoms with Crippen molar-refractivity contribution in [2.75, 3.05) is 24.5 Å². The molecule has 4 rings (SSSR count). The Balaban J connectivity index is 1.73. The summed E-state index contributed by atoms with van der Waals surface area (Å²) in [5.41, 5.74) is 3.63. The van der Waals surface area contributed by atoms with Crippen LogP contribution in [0.15, 0.2) is 29.9 Å². The average Bonchev–Trinajstić information content (AvgIpc) is 3.07. The maximum atomic E-state index is 8.31. The van der Waals surface area contributed by atoms with E-state index in [-0.39, 0.29) is 5.54 Å². The number of fused-ring (bicyclic) bond motifs is 1. The third-order valence-corrected chi connectivity index (χ3v) is 5.73. The van der Waals surface area contributed by atoms with E-state index in [1.165, 1.54) is 37.8 Å². The van der Waals surface area contributed by atoms with Gasteiger partial charge in [-0.25, -0.2) is 4.98 Å². The molecule has 0 aromatic carbocycles. The minimum Gasteiger partial charge on any atom is -0.369 e. The number of aromatic nitrogens is 2. The molecule has 2 aromatic heterocycles. The quantitative estimate of drug-likeness (QED) is 0.503. The Kier molecular flexibility index (Phi) is 4.56. The molecule has 2 fully saturated rings. The number of allylic oxidation sites excluding steroid dienone is 1. The van der Waals surface area contributed by atoms with Gasteiger partial charge in [-0.15, -0.1) is 0 Å². The summed E-state index contributed by atoms with van der Waals surface area (Å²) in [4.78, 5) is 10.2. The van der Waals surface area contributed by atoms with Gasteiger partial charge < -0.3 is 20.6 Å². The molecule has 5 nitrogen and oxygen atoms in total. The van der Waals surface area contributed by atoms with Gasteiger partial charge in [0.15, 0.2) is 0 Å². The smallest absolute Gasteiger partial charge is 0.140 e. The van der Waals surface area contributed by atoms with Gasteiger partial charge in [-0.05, 0) is 49.8 Å². The van der Waals surface area contributed by atoms with Gasteiger partial charge in [0.25, 0.3) is 0 Å². The van der Waals surface area contributed by atoms with Gasteiger partial charge >= 0.3 is 0 Å². The molecule has 1 unspecified atom stereocenters. The lowest BCUT2D eigenvalue weighted by atomic mass is 9.81. The Morgan fingerprint density at radius 1 is 1.32 bits per heavy atom. The Hall–Kier alpha value is -1.79. The minimum atomic E-state index is 0.251. The Labute approximate surface area is 153 Å². The molecule has 0 saturated carbocycles. The van der Waals surface area contributed by atoms with Gasteiger partial charge in [-0.2, -0.15) is 12.6 Å². The number of pyridine rings is 1. The average molecular weight is 356 g/mol. The van der Waals surface area contributed by atoms with Crippen LogP contribution in [-0.2, 0) is 0 Å². The van der Waals surface area contributed by atoms with Gasteiger partial charge in [0.1, 0.15) is 5.65 Å². The van der Waals surface area contributed by atoms with Gasteiger partial charge in [0.2, 0.25) is 0 Å². The third-order valence-electron chi connectivity index (χ3n) is 5.58. The summed E-state index contributed by atoms with van der Waals surface area (Å²) in [6, 6.07) is 2.10. The number of anilines is 1. The predicted octanol–water partition coefficient (Wildman–Crippen LogP) is 3.49. The zero-order chi connectivity index (χ0) is 17.3. The molecule has 0 radical (unpaired) electrons. The third kappa shape index (κ3) is 3.09. The molecule has 25 heavy (non-hydrogen) atoms. The second kappa shape index (κ2) is 6.84. The number of nitrogens with zero attached hydrogens (tertiary/aromatic N) is 2. The summed E-state index contributed by atoms with van der Waals surface area (Å²) >= 11 is 4.11. The van der Waals surface area contributed by atoms with Crippen molar-refractivity contribution in [2.24, 2.45) is 0 Å². The molecule has 2 aliphatic heterocycles. The van der Waals surface area contributed by atoms with Crippen molar-refractivity contribution in [1.82, 2.24) is 15.3 Å². The number of piperidine rings is 2. The first-order chi connectivity index (χ1) is 12.2. The molecular formula is C19H25N5S. The maximum Gasteiger partial charge on any atom is 0.140 e. The molecule has 1 spiro atoms. The molecule has 0 amide bonds. The highest BCUT2D eigenvalue weighted by atomic mass is 32.1. The van der Waals surface area contributed by atoms with Crippen molar-refractivity contribution in [2.45, 2.75) is 37.6 Å². The highest BCUT2D eigenvalue weighted by Crippen LogP contribution is 2.35. The van der Waals surface area contributed by atoms with Crippen molar-refractivity contribution in [3.63, 3.8) is 0 Å². The number of rotatable bonds is 3. The van der Waals surface area contributed by atoms with Crippen LogP contribution in [0.5, 0.6) is 0 Å². The lowest BCUT2D eigenvalue weighted by Crippen LogP contribution is -2.59. The number of nitrogens with one attached hydrogen (secondary N) is 3. The zero-order valence-corrected chi connectivity index (χ0v) is 15.3. The minimum absolute atomic E-state index is 0.251. The molecule has 2 aromatic rings. The topological polar surface area (TPSA) is 67.8 Å². The largest absolute Gasteiger partial charge is 0.369 e. The van der Waals surface area contributed by atoms with E-state index < -0.39 is 0 Å². The molecular weight excluding hydrogens is 330 g/mol. The molecule has 4 heterocycles. The summed E-state index contributed by atoms with van der Waals surface area (Å²) < 4.78 is 0. The molecule has 3 N–H and O–H groups in total. The number of thiol groups is 1. The lowest BCUT2D eigenvalue weighted by Gasteiger charge is -2.47. The van der Waals surface area contributed by atoms with Crippen LogP contribution in [0.4, 0.5) is 5.69 Å². The molecule has 0 aliphatic carbocycles. The van der Waals surface area contributed by atoms with Crippen LogP contribution in [0.25, 0.3) is 11.0 Å². The maximum absolute atomic E-state index is 8.31. The van der Waals surface area contributed by atoms with E-state index in [2.05, 4.69) is 38.9 Å². The standard InChI is InChI=1S/C19H25N5S/c20-15(5-11-25)14-12-22-18-17(14)16(4-9-21-18)24-10-3-7-19(13-24)6-1-2-8-23-19/h4-5,9,11-12,20,23,25H,1-3,6-8,10,13H2,(H,21,22)/b11-5-,20-15?. The predicted molar refractivity (Wildman–Crippen MR) is 107 cm³/mol. The van der Waals surface area contributed by atoms with Crippen LogP contribution < -0.4 is 10.2 Å². The number of aromatic amines is 1. The van der Waals surface area contributed by atoms with E-state index >= 15 is 0 Å². The fraction of sp³-hybridized carbons (Fsp3) is 0.474. The first kappa shape index (κ1) is 16.7. The van der Waals surface area contributed by atoms with E-state index in [1.807, 2.05) is 12.4 Å². The zero-order valence-electron chi connectivity index (χ0n) is 14.4. The molecule has 2 aliphatic rings. The SMILES string of the molecule is N=C(/C=C\S)c1c[nH]c2nccc(N3CCCC4(CCCCN4)C3)c12. The molecule has 1 atom stereocenters. The van der Waals surface area contributed by atoms with Crippen molar-refractivity contribution in [3.05, 3.63) is 35.5 Å². The molecule has 2 saturated heterocycles.